The molecule has 2 aliphatic rings. The van der Waals surface area contributed by atoms with E-state index in [-0.39, 0.29) is 0 Å². The van der Waals surface area contributed by atoms with Crippen LogP contribution in [-0.4, -0.2) is 49.8 Å². The number of nitrogens with one attached hydrogen (secondary N) is 1. The van der Waals surface area contributed by atoms with E-state index in [9.17, 15) is 0 Å². The minimum Gasteiger partial charge on any atom is -0.378 e. The third kappa shape index (κ3) is 2.73. The molecule has 0 aromatic rings. The molecule has 106 valence electrons. The average molecular weight is 254 g/mol. The maximum absolute atomic E-state index is 5.87. The summed E-state index contributed by atoms with van der Waals surface area (Å²) in [5.41, 5.74) is 0.339. The fraction of sp³-hybridized carbons (Fsp3) is 1.00. The predicted octanol–water partition coefficient (Wildman–Crippen LogP) is 2.26. The van der Waals surface area contributed by atoms with Gasteiger partial charge >= 0.3 is 0 Å². The summed E-state index contributed by atoms with van der Waals surface area (Å²) in [7, 11) is 2.23. The minimum absolute atomic E-state index is 0.339. The molecule has 0 radical (unpaired) electrons. The second kappa shape index (κ2) is 5.89. The Balaban J connectivity index is 1.86. The molecule has 3 nitrogen and oxygen atoms in total. The Bertz CT molecular complexity index is 271. The molecule has 0 amide bonds. The van der Waals surface area contributed by atoms with Crippen LogP contribution in [0, 0.1) is 5.41 Å². The maximum atomic E-state index is 5.87. The topological polar surface area (TPSA) is 24.5 Å². The minimum atomic E-state index is 0.339. The van der Waals surface area contributed by atoms with E-state index in [1.54, 1.807) is 0 Å². The monoisotopic (exact) mass is 254 g/mol. The zero-order chi connectivity index (χ0) is 13.2. The van der Waals surface area contributed by atoms with Crippen LogP contribution in [0.1, 0.15) is 46.5 Å². The van der Waals surface area contributed by atoms with Crippen molar-refractivity contribution >= 4 is 0 Å². The van der Waals surface area contributed by atoms with Gasteiger partial charge in [0.2, 0.25) is 0 Å². The highest BCUT2D eigenvalue weighted by Gasteiger charge is 2.51. The zero-order valence-electron chi connectivity index (χ0n) is 12.5. The van der Waals surface area contributed by atoms with Gasteiger partial charge in [-0.25, -0.2) is 0 Å². The van der Waals surface area contributed by atoms with E-state index in [0.717, 1.165) is 6.61 Å². The number of piperidine rings is 1. The van der Waals surface area contributed by atoms with Gasteiger partial charge in [0.05, 0.1) is 6.10 Å². The molecule has 2 rings (SSSR count). The molecular weight excluding hydrogens is 224 g/mol. The molecule has 1 aliphatic heterocycles. The Morgan fingerprint density at radius 2 is 2.17 bits per heavy atom. The van der Waals surface area contributed by atoms with E-state index in [4.69, 9.17) is 4.74 Å². The van der Waals surface area contributed by atoms with Crippen molar-refractivity contribution in [1.82, 2.24) is 10.2 Å². The number of hydrogen-bond donors (Lipinski definition) is 1. The lowest BCUT2D eigenvalue weighted by Gasteiger charge is -2.55. The largest absolute Gasteiger partial charge is 0.378 e. The summed E-state index contributed by atoms with van der Waals surface area (Å²) in [5, 5.41) is 3.89. The van der Waals surface area contributed by atoms with Crippen LogP contribution in [0.5, 0.6) is 0 Å². The molecule has 1 N–H and O–H groups in total. The Hall–Kier alpha value is -0.120. The third-order valence-corrected chi connectivity index (χ3v) is 5.17. The van der Waals surface area contributed by atoms with E-state index in [1.165, 1.54) is 38.8 Å². The van der Waals surface area contributed by atoms with Crippen molar-refractivity contribution in [3.05, 3.63) is 0 Å². The van der Waals surface area contributed by atoms with Gasteiger partial charge in [-0.15, -0.1) is 0 Å². The molecule has 1 heterocycles. The highest BCUT2D eigenvalue weighted by Crippen LogP contribution is 2.46. The number of rotatable bonds is 5. The van der Waals surface area contributed by atoms with Crippen LogP contribution in [0.15, 0.2) is 0 Å². The molecule has 0 aromatic carbocycles. The summed E-state index contributed by atoms with van der Waals surface area (Å²) in [6.45, 7) is 10.1. The summed E-state index contributed by atoms with van der Waals surface area (Å²) in [4.78, 5) is 2.45. The SMILES string of the molecule is CCOC1CC(NC2CCCN(C)C2)C1(C)CC. The molecule has 4 unspecified atom stereocenters. The second-order valence-electron chi connectivity index (χ2n) is 6.36. The van der Waals surface area contributed by atoms with E-state index >= 15 is 0 Å². The summed E-state index contributed by atoms with van der Waals surface area (Å²) < 4.78 is 5.87. The highest BCUT2D eigenvalue weighted by atomic mass is 16.5. The Morgan fingerprint density at radius 3 is 2.78 bits per heavy atom. The van der Waals surface area contributed by atoms with Crippen LogP contribution in [-0.2, 0) is 4.74 Å². The number of nitrogens with zero attached hydrogens (tertiary/aromatic N) is 1. The second-order valence-corrected chi connectivity index (χ2v) is 6.36. The van der Waals surface area contributed by atoms with Crippen molar-refractivity contribution < 1.29 is 4.74 Å². The van der Waals surface area contributed by atoms with Crippen LogP contribution in [0.3, 0.4) is 0 Å². The normalized spacial score (nSPS) is 41.7. The molecule has 0 bridgehead atoms. The summed E-state index contributed by atoms with van der Waals surface area (Å²) in [6, 6.07) is 1.33. The Kier molecular flexibility index (Phi) is 4.68. The molecule has 4 atom stereocenters. The number of likely N-dealkylation sites (N-methyl/N-ethyl adjacent to an activating group) is 1. The molecule has 2 fully saturated rings. The molecule has 0 aromatic heterocycles. The van der Waals surface area contributed by atoms with Crippen molar-refractivity contribution in [1.29, 1.82) is 0 Å². The van der Waals surface area contributed by atoms with Crippen molar-refractivity contribution in [2.45, 2.75) is 64.6 Å². The lowest BCUT2D eigenvalue weighted by molar-refractivity contribution is -0.129. The van der Waals surface area contributed by atoms with Gasteiger partial charge in [-0.1, -0.05) is 13.8 Å². The fourth-order valence-electron chi connectivity index (χ4n) is 3.60. The first-order valence-corrected chi connectivity index (χ1v) is 7.66. The maximum Gasteiger partial charge on any atom is 0.0658 e. The molecule has 1 aliphatic carbocycles. The third-order valence-electron chi connectivity index (χ3n) is 5.17. The van der Waals surface area contributed by atoms with Crippen molar-refractivity contribution in [2.24, 2.45) is 5.41 Å². The van der Waals surface area contributed by atoms with E-state index < -0.39 is 0 Å². The first kappa shape index (κ1) is 14.3. The Labute approximate surface area is 112 Å². The van der Waals surface area contributed by atoms with Gasteiger partial charge in [0.1, 0.15) is 0 Å². The van der Waals surface area contributed by atoms with Gasteiger partial charge in [0, 0.05) is 30.7 Å². The van der Waals surface area contributed by atoms with E-state index in [1.807, 2.05) is 0 Å². The van der Waals surface area contributed by atoms with Crippen molar-refractivity contribution in [3.8, 4) is 0 Å². The van der Waals surface area contributed by atoms with Crippen LogP contribution in [0.25, 0.3) is 0 Å². The predicted molar refractivity (Wildman–Crippen MR) is 75.9 cm³/mol. The van der Waals surface area contributed by atoms with Gasteiger partial charge in [-0.2, -0.15) is 0 Å². The van der Waals surface area contributed by atoms with Crippen molar-refractivity contribution in [2.75, 3.05) is 26.7 Å². The molecular formula is C15H30N2O. The average Bonchev–Trinajstić information content (AvgIpc) is 2.36. The Morgan fingerprint density at radius 1 is 1.39 bits per heavy atom. The molecule has 3 heteroatoms. The molecule has 1 saturated carbocycles. The zero-order valence-corrected chi connectivity index (χ0v) is 12.5. The quantitative estimate of drug-likeness (QED) is 0.814. The summed E-state index contributed by atoms with van der Waals surface area (Å²) in [5.74, 6) is 0. The number of likely N-dealkylation sites (tertiary alicyclic amines) is 1. The smallest absolute Gasteiger partial charge is 0.0658 e. The summed E-state index contributed by atoms with van der Waals surface area (Å²) in [6.07, 6.45) is 5.53. The number of hydrogen-bond acceptors (Lipinski definition) is 3. The van der Waals surface area contributed by atoms with Crippen LogP contribution < -0.4 is 5.32 Å². The van der Waals surface area contributed by atoms with Crippen molar-refractivity contribution in [3.63, 3.8) is 0 Å². The lowest BCUT2D eigenvalue weighted by atomic mass is 9.61. The van der Waals surface area contributed by atoms with Crippen LogP contribution >= 0.6 is 0 Å². The van der Waals surface area contributed by atoms with Gasteiger partial charge in [0.15, 0.2) is 0 Å². The van der Waals surface area contributed by atoms with Crippen LogP contribution in [0.2, 0.25) is 0 Å². The first-order valence-electron chi connectivity index (χ1n) is 7.66. The highest BCUT2D eigenvalue weighted by molar-refractivity contribution is 5.05. The molecule has 1 saturated heterocycles. The van der Waals surface area contributed by atoms with E-state index in [2.05, 4.69) is 38.0 Å². The standard InChI is InChI=1S/C15H30N2O/c1-5-15(3)13(10-14(15)18-6-2)16-12-8-7-9-17(4)11-12/h12-14,16H,5-11H2,1-4H3. The molecule has 0 spiro atoms. The summed E-state index contributed by atoms with van der Waals surface area (Å²) >= 11 is 0. The lowest BCUT2D eigenvalue weighted by Crippen LogP contribution is -2.65. The number of ether oxygens (including phenoxy) is 1. The van der Waals surface area contributed by atoms with Gasteiger partial charge < -0.3 is 15.0 Å². The van der Waals surface area contributed by atoms with Gasteiger partial charge in [-0.05, 0) is 46.2 Å². The van der Waals surface area contributed by atoms with E-state index in [0.29, 0.717) is 23.6 Å². The van der Waals surface area contributed by atoms with Gasteiger partial charge in [-0.3, -0.25) is 0 Å². The first-order chi connectivity index (χ1) is 8.60. The fourth-order valence-corrected chi connectivity index (χ4v) is 3.60. The van der Waals surface area contributed by atoms with Crippen LogP contribution in [0.4, 0.5) is 0 Å². The van der Waals surface area contributed by atoms with Gasteiger partial charge in [0.25, 0.3) is 0 Å². The molecule has 18 heavy (non-hydrogen) atoms.